The molecule has 4 nitrogen and oxygen atoms in total. The Morgan fingerprint density at radius 3 is 2.52 bits per heavy atom. The van der Waals surface area contributed by atoms with E-state index in [0.29, 0.717) is 11.5 Å². The Hall–Kier alpha value is -2.11. The maximum Gasteiger partial charge on any atom is 0.161 e. The highest BCUT2D eigenvalue weighted by Crippen LogP contribution is 2.42. The van der Waals surface area contributed by atoms with Gasteiger partial charge in [-0.15, -0.1) is 11.8 Å². The molecule has 0 amide bonds. The number of hydrogen-bond donors (Lipinski definition) is 1. The maximum absolute atomic E-state index is 9.04. The van der Waals surface area contributed by atoms with Gasteiger partial charge in [0, 0.05) is 17.6 Å². The highest BCUT2D eigenvalue weighted by atomic mass is 32.2. The van der Waals surface area contributed by atoms with Crippen molar-refractivity contribution >= 4 is 22.7 Å². The third-order valence-electron chi connectivity index (χ3n) is 4.18. The second-order valence-corrected chi connectivity index (χ2v) is 6.51. The van der Waals surface area contributed by atoms with Gasteiger partial charge in [-0.25, -0.2) is 0 Å². The van der Waals surface area contributed by atoms with Crippen molar-refractivity contribution in [3.05, 3.63) is 42.0 Å². The molecule has 0 fully saturated rings. The van der Waals surface area contributed by atoms with Gasteiger partial charge >= 0.3 is 0 Å². The van der Waals surface area contributed by atoms with Crippen LogP contribution in [-0.4, -0.2) is 32.2 Å². The smallest absolute Gasteiger partial charge is 0.161 e. The van der Waals surface area contributed by atoms with Gasteiger partial charge in [-0.2, -0.15) is 0 Å². The summed E-state index contributed by atoms with van der Waals surface area (Å²) in [5.41, 5.74) is 3.02. The molecule has 5 heteroatoms. The monoisotopic (exact) mass is 358 g/mol. The Bertz CT molecular complexity index is 870. The Morgan fingerprint density at radius 1 is 1.04 bits per heavy atom. The molecule has 1 N–H and O–H groups in total. The lowest BCUT2D eigenvalue weighted by atomic mass is 10.1. The second-order valence-electron chi connectivity index (χ2n) is 5.69. The Morgan fingerprint density at radius 2 is 1.84 bits per heavy atom. The van der Waals surface area contributed by atoms with E-state index in [2.05, 4.69) is 18.4 Å². The lowest BCUT2D eigenvalue weighted by Crippen LogP contribution is -1.90. The molecule has 0 bridgehead atoms. The van der Waals surface area contributed by atoms with Crippen LogP contribution in [0.1, 0.15) is 12.0 Å². The van der Waals surface area contributed by atoms with E-state index in [0.717, 1.165) is 40.0 Å². The molecule has 0 atom stereocenters. The molecule has 0 saturated heterocycles. The Balaban J connectivity index is 2.10. The first-order valence-electron chi connectivity index (χ1n) is 8.14. The molecule has 3 rings (SSSR count). The van der Waals surface area contributed by atoms with Crippen molar-refractivity contribution in [1.82, 2.24) is 0 Å². The third-order valence-corrected chi connectivity index (χ3v) is 4.99. The average Bonchev–Trinajstić information content (AvgIpc) is 3.03. The largest absolute Gasteiger partial charge is 0.493 e. The summed E-state index contributed by atoms with van der Waals surface area (Å²) >= 11 is 1.67. The van der Waals surface area contributed by atoms with Gasteiger partial charge in [0.25, 0.3) is 0 Å². The molecule has 3 aromatic rings. The number of furan rings is 1. The molecule has 0 aliphatic carbocycles. The molecule has 0 saturated carbocycles. The highest BCUT2D eigenvalue weighted by molar-refractivity contribution is 7.99. The molecule has 0 aliphatic heterocycles. The molecule has 1 heterocycles. The van der Waals surface area contributed by atoms with Crippen molar-refractivity contribution in [2.75, 3.05) is 27.1 Å². The summed E-state index contributed by atoms with van der Waals surface area (Å²) in [6, 6.07) is 12.0. The zero-order chi connectivity index (χ0) is 17.8. The normalized spacial score (nSPS) is 11.0. The number of aliphatic hydroxyl groups is 1. The fraction of sp³-hybridized carbons (Fsp3) is 0.300. The van der Waals surface area contributed by atoms with Crippen LogP contribution in [0.2, 0.25) is 0 Å². The summed E-state index contributed by atoms with van der Waals surface area (Å²) in [4.78, 5) is 1.10. The van der Waals surface area contributed by atoms with Gasteiger partial charge in [-0.1, -0.05) is 6.07 Å². The fourth-order valence-electron chi connectivity index (χ4n) is 2.93. The Kier molecular flexibility index (Phi) is 5.56. The summed E-state index contributed by atoms with van der Waals surface area (Å²) in [5.74, 6) is 2.21. The summed E-state index contributed by atoms with van der Waals surface area (Å²) in [7, 11) is 3.25. The van der Waals surface area contributed by atoms with Crippen LogP contribution in [0.5, 0.6) is 11.5 Å². The van der Waals surface area contributed by atoms with Crippen LogP contribution < -0.4 is 9.47 Å². The van der Waals surface area contributed by atoms with Crippen molar-refractivity contribution in [3.63, 3.8) is 0 Å². The zero-order valence-electron chi connectivity index (χ0n) is 14.7. The summed E-state index contributed by atoms with van der Waals surface area (Å²) < 4.78 is 16.9. The van der Waals surface area contributed by atoms with Crippen LogP contribution in [0.3, 0.4) is 0 Å². The van der Waals surface area contributed by atoms with Gasteiger partial charge < -0.3 is 19.0 Å². The molecular formula is C20H22O4S. The zero-order valence-corrected chi connectivity index (χ0v) is 15.5. The Labute approximate surface area is 151 Å². The number of hydrogen-bond acceptors (Lipinski definition) is 5. The number of ether oxygens (including phenoxy) is 2. The highest BCUT2D eigenvalue weighted by Gasteiger charge is 2.17. The van der Waals surface area contributed by atoms with Crippen molar-refractivity contribution in [3.8, 4) is 22.8 Å². The molecule has 0 aliphatic rings. The van der Waals surface area contributed by atoms with Crippen LogP contribution in [-0.2, 0) is 6.42 Å². The average molecular weight is 358 g/mol. The molecule has 132 valence electrons. The van der Waals surface area contributed by atoms with Crippen LogP contribution >= 0.6 is 11.8 Å². The predicted octanol–water partition coefficient (Wildman–Crippen LogP) is 4.76. The van der Waals surface area contributed by atoms with E-state index in [1.54, 1.807) is 26.0 Å². The minimum absolute atomic E-state index is 0.204. The van der Waals surface area contributed by atoms with Crippen molar-refractivity contribution < 1.29 is 19.0 Å². The maximum atomic E-state index is 9.04. The quantitative estimate of drug-likeness (QED) is 0.617. The number of aryl methyl sites for hydroxylation is 1. The summed E-state index contributed by atoms with van der Waals surface area (Å²) in [5, 5.41) is 10.1. The van der Waals surface area contributed by atoms with Gasteiger partial charge in [0.15, 0.2) is 11.5 Å². The first-order chi connectivity index (χ1) is 12.2. The first kappa shape index (κ1) is 17.7. The van der Waals surface area contributed by atoms with Crippen LogP contribution in [0.15, 0.2) is 45.7 Å². The number of thioether (sulfide) groups is 1. The number of benzene rings is 2. The van der Waals surface area contributed by atoms with Crippen LogP contribution in [0.25, 0.3) is 22.3 Å². The van der Waals surface area contributed by atoms with Crippen LogP contribution in [0, 0.1) is 0 Å². The van der Waals surface area contributed by atoms with E-state index in [-0.39, 0.29) is 6.61 Å². The molecule has 1 aromatic heterocycles. The minimum atomic E-state index is 0.204. The molecule has 2 aromatic carbocycles. The molecule has 25 heavy (non-hydrogen) atoms. The van der Waals surface area contributed by atoms with E-state index in [1.807, 2.05) is 24.3 Å². The lowest BCUT2D eigenvalue weighted by molar-refractivity contribution is 0.288. The SMILES string of the molecule is COc1ccc(-c2oc3ccc(CCCO)cc3c2SC)cc1OC. The van der Waals surface area contributed by atoms with Gasteiger partial charge in [0.2, 0.25) is 0 Å². The van der Waals surface area contributed by atoms with E-state index >= 15 is 0 Å². The topological polar surface area (TPSA) is 51.8 Å². The van der Waals surface area contributed by atoms with Crippen molar-refractivity contribution in [2.24, 2.45) is 0 Å². The fourth-order valence-corrected chi connectivity index (χ4v) is 3.66. The predicted molar refractivity (Wildman–Crippen MR) is 102 cm³/mol. The van der Waals surface area contributed by atoms with E-state index in [9.17, 15) is 0 Å². The van der Waals surface area contributed by atoms with Crippen LogP contribution in [0.4, 0.5) is 0 Å². The van der Waals surface area contributed by atoms with Gasteiger partial charge in [0.05, 0.1) is 19.1 Å². The second kappa shape index (κ2) is 7.85. The number of methoxy groups -OCH3 is 2. The number of aliphatic hydroxyl groups excluding tert-OH is 1. The standard InChI is InChI=1S/C20H22O4S/c1-22-17-9-7-14(12-18(17)23-2)19-20(25-3)15-11-13(5-4-10-21)6-8-16(15)24-19/h6-9,11-12,21H,4-5,10H2,1-3H3. The van der Waals surface area contributed by atoms with Crippen molar-refractivity contribution in [2.45, 2.75) is 17.7 Å². The van der Waals surface area contributed by atoms with Gasteiger partial charge in [-0.05, 0) is 55.0 Å². The molecule has 0 radical (unpaired) electrons. The van der Waals surface area contributed by atoms with Gasteiger partial charge in [-0.3, -0.25) is 0 Å². The van der Waals surface area contributed by atoms with E-state index in [1.165, 1.54) is 5.56 Å². The number of fused-ring (bicyclic) bond motifs is 1. The molecule has 0 spiro atoms. The summed E-state index contributed by atoms with van der Waals surface area (Å²) in [6.45, 7) is 0.204. The minimum Gasteiger partial charge on any atom is -0.493 e. The number of rotatable bonds is 7. The first-order valence-corrected chi connectivity index (χ1v) is 9.37. The third kappa shape index (κ3) is 3.48. The lowest BCUT2D eigenvalue weighted by Gasteiger charge is -2.09. The van der Waals surface area contributed by atoms with Gasteiger partial charge in [0.1, 0.15) is 11.3 Å². The van der Waals surface area contributed by atoms with Crippen molar-refractivity contribution in [1.29, 1.82) is 0 Å². The molecular weight excluding hydrogens is 336 g/mol. The van der Waals surface area contributed by atoms with E-state index < -0.39 is 0 Å². The van der Waals surface area contributed by atoms with E-state index in [4.69, 9.17) is 19.0 Å². The summed E-state index contributed by atoms with van der Waals surface area (Å²) in [6.07, 6.45) is 3.67. The molecule has 0 unspecified atom stereocenters.